The van der Waals surface area contributed by atoms with Crippen LogP contribution >= 0.6 is 12.2 Å². The lowest BCUT2D eigenvalue weighted by Gasteiger charge is -2.33. The molecule has 0 radical (unpaired) electrons. The minimum Gasteiger partial charge on any atom is -0.508 e. The lowest BCUT2D eigenvalue weighted by atomic mass is 9.74. The Bertz CT molecular complexity index is 1090. The molecule has 2 unspecified atom stereocenters. The Kier molecular flexibility index (Phi) is 9.00. The first kappa shape index (κ1) is 25.6. The number of phenols is 1. The van der Waals surface area contributed by atoms with Gasteiger partial charge in [0.2, 0.25) is 0 Å². The van der Waals surface area contributed by atoms with Crippen LogP contribution in [0.5, 0.6) is 5.75 Å². The topological polar surface area (TPSA) is 47.3 Å². The molecule has 3 nitrogen and oxygen atoms in total. The Morgan fingerprint density at radius 1 is 1.18 bits per heavy atom. The van der Waals surface area contributed by atoms with E-state index < -0.39 is 0 Å². The molecule has 2 N–H and O–H groups in total. The quantitative estimate of drug-likeness (QED) is 0.227. The molecule has 0 saturated heterocycles. The smallest absolute Gasteiger partial charge is 0.119 e. The summed E-state index contributed by atoms with van der Waals surface area (Å²) >= 11 is 5.36. The number of aryl methyl sites for hydroxylation is 2. The Labute approximate surface area is 210 Å². The Hall–Kier alpha value is -2.98. The highest BCUT2D eigenvalue weighted by Crippen LogP contribution is 2.38. The van der Waals surface area contributed by atoms with Crippen molar-refractivity contribution in [2.45, 2.75) is 52.5 Å². The molecule has 0 aromatic heterocycles. The third-order valence-corrected chi connectivity index (χ3v) is 6.87. The number of rotatable bonds is 9. The summed E-state index contributed by atoms with van der Waals surface area (Å²) in [5.41, 5.74) is 6.08. The van der Waals surface area contributed by atoms with Crippen molar-refractivity contribution < 1.29 is 5.11 Å². The van der Waals surface area contributed by atoms with Crippen LogP contribution in [0.15, 0.2) is 90.1 Å². The predicted molar refractivity (Wildman–Crippen MR) is 149 cm³/mol. The summed E-state index contributed by atoms with van der Waals surface area (Å²) in [5.74, 6) is 0.350. The fraction of sp³-hybridized carbons (Fsp3) is 0.333. The first-order chi connectivity index (χ1) is 16.4. The van der Waals surface area contributed by atoms with E-state index in [1.165, 1.54) is 0 Å². The lowest BCUT2D eigenvalue weighted by molar-refractivity contribution is 0.399. The second kappa shape index (κ2) is 11.9. The molecule has 2 aliphatic rings. The van der Waals surface area contributed by atoms with Crippen LogP contribution in [-0.4, -0.2) is 33.8 Å². The first-order valence-electron chi connectivity index (χ1n) is 12.0. The van der Waals surface area contributed by atoms with Crippen molar-refractivity contribution >= 4 is 23.4 Å². The van der Waals surface area contributed by atoms with Gasteiger partial charge in [0.25, 0.3) is 0 Å². The van der Waals surface area contributed by atoms with Crippen LogP contribution in [0.2, 0.25) is 0 Å². The summed E-state index contributed by atoms with van der Waals surface area (Å²) in [6.45, 7) is 6.97. The second-order valence-electron chi connectivity index (χ2n) is 9.24. The minimum atomic E-state index is -0.278. The molecule has 2 atom stereocenters. The zero-order chi connectivity index (χ0) is 24.6. The zero-order valence-electron chi connectivity index (χ0n) is 20.5. The number of aromatic hydroxyl groups is 1. The molecule has 0 heterocycles. The molecule has 3 rings (SSSR count). The van der Waals surface area contributed by atoms with E-state index in [1.807, 2.05) is 19.1 Å². The van der Waals surface area contributed by atoms with E-state index >= 15 is 0 Å². The van der Waals surface area contributed by atoms with Gasteiger partial charge < -0.3 is 15.4 Å². The lowest BCUT2D eigenvalue weighted by Crippen LogP contribution is -2.39. The molecule has 0 saturated carbocycles. The summed E-state index contributed by atoms with van der Waals surface area (Å²) in [5, 5.41) is 19.4. The highest BCUT2D eigenvalue weighted by Gasteiger charge is 2.30. The molecular weight excluding hydrogens is 436 g/mol. The number of phenolic OH excluding ortho intramolecular Hbond substituents is 1. The average Bonchev–Trinajstić information content (AvgIpc) is 3.06. The van der Waals surface area contributed by atoms with Crippen LogP contribution in [0, 0.1) is 17.7 Å². The van der Waals surface area contributed by atoms with Crippen molar-refractivity contribution in [2.75, 3.05) is 6.54 Å². The number of allylic oxidation sites excluding steroid dienone is 11. The van der Waals surface area contributed by atoms with E-state index in [1.54, 1.807) is 11.6 Å². The zero-order valence-corrected chi connectivity index (χ0v) is 21.3. The Morgan fingerprint density at radius 3 is 2.74 bits per heavy atom. The molecule has 0 amide bonds. The van der Waals surface area contributed by atoms with Gasteiger partial charge in [-0.05, 0) is 69.2 Å². The van der Waals surface area contributed by atoms with Crippen molar-refractivity contribution in [1.82, 2.24) is 4.90 Å². The Morgan fingerprint density at radius 2 is 1.97 bits per heavy atom. The molecule has 1 aromatic carbocycles. The van der Waals surface area contributed by atoms with Gasteiger partial charge in [0.05, 0.1) is 17.2 Å². The van der Waals surface area contributed by atoms with E-state index in [4.69, 9.17) is 17.6 Å². The summed E-state index contributed by atoms with van der Waals surface area (Å²) in [6.07, 6.45) is 24.9. The van der Waals surface area contributed by atoms with Gasteiger partial charge >= 0.3 is 0 Å². The van der Waals surface area contributed by atoms with E-state index in [-0.39, 0.29) is 11.5 Å². The van der Waals surface area contributed by atoms with Gasteiger partial charge in [0, 0.05) is 17.5 Å². The summed E-state index contributed by atoms with van der Waals surface area (Å²) in [7, 11) is 0. The van der Waals surface area contributed by atoms with E-state index in [0.717, 1.165) is 54.5 Å². The Balaban J connectivity index is 1.76. The normalized spacial score (nSPS) is 22.4. The van der Waals surface area contributed by atoms with E-state index in [0.29, 0.717) is 11.5 Å². The predicted octanol–water partition coefficient (Wildman–Crippen LogP) is 7.19. The molecule has 1 aromatic rings. The van der Waals surface area contributed by atoms with Crippen molar-refractivity contribution in [3.8, 4) is 5.75 Å². The molecule has 0 fully saturated rings. The summed E-state index contributed by atoms with van der Waals surface area (Å²) in [4.78, 5) is 2.06. The summed E-state index contributed by atoms with van der Waals surface area (Å²) < 4.78 is 0. The van der Waals surface area contributed by atoms with E-state index in [2.05, 4.69) is 79.5 Å². The maximum Gasteiger partial charge on any atom is 0.119 e. The fourth-order valence-corrected chi connectivity index (χ4v) is 4.77. The van der Waals surface area contributed by atoms with Crippen LogP contribution in [0.25, 0.3) is 0 Å². The van der Waals surface area contributed by atoms with Crippen molar-refractivity contribution in [2.24, 2.45) is 5.41 Å². The van der Waals surface area contributed by atoms with Crippen LogP contribution in [0.1, 0.15) is 44.2 Å². The standard InChI is InChI=1S/C30H36N2OS/c1-23-16-17-25(28(33)21-23)13-12-20-32(22-34)24(2)29(31)26-14-8-7-9-15-27(26)30(3)18-10-5-4-6-11-19-30/h4-5,7-8,10-11,14-19,21-22,24,31,33H,6,9,12-13,20H2,1-3H3/b5-4-,18-10-,19-11?,31-29?. The van der Waals surface area contributed by atoms with E-state index in [9.17, 15) is 5.11 Å². The number of hydrogen-bond acceptors (Lipinski definition) is 3. The van der Waals surface area contributed by atoms with Crippen molar-refractivity contribution in [3.05, 3.63) is 101 Å². The van der Waals surface area contributed by atoms with Crippen molar-refractivity contribution in [1.29, 1.82) is 5.41 Å². The van der Waals surface area contributed by atoms with Crippen LogP contribution in [0.4, 0.5) is 0 Å². The van der Waals surface area contributed by atoms with Gasteiger partial charge in [0.15, 0.2) is 0 Å². The minimum absolute atomic E-state index is 0.157. The molecule has 2 aliphatic carbocycles. The maximum atomic E-state index is 10.2. The van der Waals surface area contributed by atoms with Gasteiger partial charge in [-0.15, -0.1) is 0 Å². The molecule has 0 aliphatic heterocycles. The summed E-state index contributed by atoms with van der Waals surface area (Å²) in [6, 6.07) is 5.66. The maximum absolute atomic E-state index is 10.2. The number of nitrogens with one attached hydrogen (secondary N) is 1. The molecule has 34 heavy (non-hydrogen) atoms. The van der Waals surface area contributed by atoms with Gasteiger partial charge in [-0.1, -0.05) is 85.1 Å². The van der Waals surface area contributed by atoms with Crippen LogP contribution in [-0.2, 0) is 6.42 Å². The molecular formula is C30H36N2OS. The highest BCUT2D eigenvalue weighted by atomic mass is 32.1. The number of hydrogen-bond donors (Lipinski definition) is 2. The fourth-order valence-electron chi connectivity index (χ4n) is 4.48. The average molecular weight is 473 g/mol. The second-order valence-corrected chi connectivity index (χ2v) is 9.45. The highest BCUT2D eigenvalue weighted by molar-refractivity contribution is 7.78. The van der Waals surface area contributed by atoms with Gasteiger partial charge in [-0.2, -0.15) is 0 Å². The molecule has 178 valence electrons. The van der Waals surface area contributed by atoms with Gasteiger partial charge in [-0.25, -0.2) is 0 Å². The number of thiocarbonyl (C=S) groups is 1. The molecule has 0 spiro atoms. The van der Waals surface area contributed by atoms with Gasteiger partial charge in [0.1, 0.15) is 5.75 Å². The number of nitrogens with zero attached hydrogens (tertiary/aromatic N) is 1. The molecule has 4 heteroatoms. The third kappa shape index (κ3) is 6.32. The number of benzene rings is 1. The third-order valence-electron chi connectivity index (χ3n) is 6.60. The SMILES string of the molecule is Cc1ccc(CCCN(C=S)C(C)C(=N)C2=CC=CCC=C2C2(C)C=CC/C=C\C=C/2)c(O)c1. The van der Waals surface area contributed by atoms with Crippen LogP contribution in [0.3, 0.4) is 0 Å². The van der Waals surface area contributed by atoms with Crippen molar-refractivity contribution in [3.63, 3.8) is 0 Å². The largest absolute Gasteiger partial charge is 0.508 e. The van der Waals surface area contributed by atoms with Gasteiger partial charge in [-0.3, -0.25) is 0 Å². The molecule has 0 bridgehead atoms. The monoisotopic (exact) mass is 472 g/mol. The van der Waals surface area contributed by atoms with Crippen LogP contribution < -0.4 is 0 Å². The first-order valence-corrected chi connectivity index (χ1v) is 12.5.